The lowest BCUT2D eigenvalue weighted by molar-refractivity contribution is 0.149. The summed E-state index contributed by atoms with van der Waals surface area (Å²) >= 11 is 0. The molecule has 0 aliphatic carbocycles. The molecule has 0 aromatic heterocycles. The zero-order valence-electron chi connectivity index (χ0n) is 14.0. The maximum Gasteiger partial charge on any atom is 0.00475 e. The summed E-state index contributed by atoms with van der Waals surface area (Å²) in [5, 5.41) is 3.57. The Hall–Kier alpha value is -0.0800. The van der Waals surface area contributed by atoms with Crippen LogP contribution in [0.2, 0.25) is 0 Å². The van der Waals surface area contributed by atoms with Crippen LogP contribution in [0.25, 0.3) is 0 Å². The molecule has 0 spiro atoms. The van der Waals surface area contributed by atoms with Crippen molar-refractivity contribution in [3.8, 4) is 0 Å². The van der Waals surface area contributed by atoms with Gasteiger partial charge < -0.3 is 10.2 Å². The topological polar surface area (TPSA) is 15.3 Å². The van der Waals surface area contributed by atoms with E-state index in [1.165, 1.54) is 51.7 Å². The highest BCUT2D eigenvalue weighted by Gasteiger charge is 2.29. The molecule has 1 aliphatic rings. The van der Waals surface area contributed by atoms with Gasteiger partial charge in [-0.05, 0) is 56.1 Å². The zero-order valence-corrected chi connectivity index (χ0v) is 14.0. The van der Waals surface area contributed by atoms with E-state index >= 15 is 0 Å². The maximum absolute atomic E-state index is 3.57. The third-order valence-electron chi connectivity index (χ3n) is 4.69. The van der Waals surface area contributed by atoms with Gasteiger partial charge in [0.25, 0.3) is 0 Å². The fourth-order valence-corrected chi connectivity index (χ4v) is 3.43. The highest BCUT2D eigenvalue weighted by atomic mass is 15.1. The zero-order chi connectivity index (χ0) is 14.4. The molecule has 0 radical (unpaired) electrons. The highest BCUT2D eigenvalue weighted by molar-refractivity contribution is 4.83. The van der Waals surface area contributed by atoms with Crippen LogP contribution in [0.3, 0.4) is 0 Å². The van der Waals surface area contributed by atoms with E-state index in [4.69, 9.17) is 0 Å². The van der Waals surface area contributed by atoms with Gasteiger partial charge in [-0.3, -0.25) is 0 Å². The molecule has 0 amide bonds. The van der Waals surface area contributed by atoms with Gasteiger partial charge in [0.15, 0.2) is 0 Å². The number of hydrogen-bond acceptors (Lipinski definition) is 2. The first kappa shape index (κ1) is 17.0. The molecule has 1 saturated heterocycles. The van der Waals surface area contributed by atoms with Crippen molar-refractivity contribution in [1.29, 1.82) is 0 Å². The van der Waals surface area contributed by atoms with Gasteiger partial charge in [0.1, 0.15) is 0 Å². The van der Waals surface area contributed by atoms with Gasteiger partial charge in [0.2, 0.25) is 0 Å². The summed E-state index contributed by atoms with van der Waals surface area (Å²) in [6.45, 7) is 18.0. The molecule has 1 aliphatic heterocycles. The molecular weight excluding hydrogens is 232 g/mol. The average Bonchev–Trinajstić information content (AvgIpc) is 2.49. The van der Waals surface area contributed by atoms with Crippen LogP contribution < -0.4 is 5.32 Å². The second-order valence-corrected chi connectivity index (χ2v) is 7.63. The molecule has 114 valence electrons. The van der Waals surface area contributed by atoms with Gasteiger partial charge in [-0.25, -0.2) is 0 Å². The number of rotatable bonds is 7. The number of nitrogens with zero attached hydrogens (tertiary/aromatic N) is 1. The summed E-state index contributed by atoms with van der Waals surface area (Å²) in [6, 6.07) is 0. The Morgan fingerprint density at radius 2 is 1.89 bits per heavy atom. The predicted molar refractivity (Wildman–Crippen MR) is 85.6 cm³/mol. The van der Waals surface area contributed by atoms with Crippen molar-refractivity contribution in [2.24, 2.45) is 10.8 Å². The van der Waals surface area contributed by atoms with Crippen molar-refractivity contribution >= 4 is 0 Å². The summed E-state index contributed by atoms with van der Waals surface area (Å²) in [4.78, 5) is 2.72. The van der Waals surface area contributed by atoms with E-state index in [-0.39, 0.29) is 0 Å². The molecule has 1 N–H and O–H groups in total. The Bertz CT molecular complexity index is 250. The van der Waals surface area contributed by atoms with Crippen LogP contribution in [0.4, 0.5) is 0 Å². The van der Waals surface area contributed by atoms with Crippen molar-refractivity contribution in [2.45, 2.75) is 66.7 Å². The van der Waals surface area contributed by atoms with Crippen molar-refractivity contribution in [2.75, 3.05) is 32.7 Å². The Morgan fingerprint density at radius 3 is 2.53 bits per heavy atom. The molecule has 1 unspecified atom stereocenters. The fraction of sp³-hybridized carbons (Fsp3) is 1.00. The molecule has 0 bridgehead atoms. The summed E-state index contributed by atoms with van der Waals surface area (Å²) in [5.74, 6) is 0. The van der Waals surface area contributed by atoms with Crippen molar-refractivity contribution in [3.63, 3.8) is 0 Å². The molecule has 1 atom stereocenters. The van der Waals surface area contributed by atoms with E-state index < -0.39 is 0 Å². The predicted octanol–water partition coefficient (Wildman–Crippen LogP) is 3.91. The smallest absolute Gasteiger partial charge is 0.00475 e. The van der Waals surface area contributed by atoms with Gasteiger partial charge in [0, 0.05) is 13.1 Å². The Morgan fingerprint density at radius 1 is 1.16 bits per heavy atom. The minimum Gasteiger partial charge on any atom is -0.316 e. The summed E-state index contributed by atoms with van der Waals surface area (Å²) < 4.78 is 0. The quantitative estimate of drug-likeness (QED) is 0.753. The van der Waals surface area contributed by atoms with Crippen molar-refractivity contribution in [1.82, 2.24) is 10.2 Å². The molecule has 1 heterocycles. The minimum atomic E-state index is 0.444. The summed E-state index contributed by atoms with van der Waals surface area (Å²) in [5.41, 5.74) is 0.997. The molecule has 1 fully saturated rings. The van der Waals surface area contributed by atoms with Gasteiger partial charge in [-0.2, -0.15) is 0 Å². The van der Waals surface area contributed by atoms with E-state index in [0.29, 0.717) is 10.8 Å². The summed E-state index contributed by atoms with van der Waals surface area (Å²) in [7, 11) is 0. The molecule has 0 aromatic carbocycles. The van der Waals surface area contributed by atoms with E-state index in [2.05, 4.69) is 44.8 Å². The number of nitrogens with one attached hydrogen (secondary N) is 1. The van der Waals surface area contributed by atoms with Crippen molar-refractivity contribution in [3.05, 3.63) is 0 Å². The van der Waals surface area contributed by atoms with Crippen LogP contribution in [0.5, 0.6) is 0 Å². The molecular formula is C17H36N2. The molecule has 19 heavy (non-hydrogen) atoms. The second-order valence-electron chi connectivity index (χ2n) is 7.63. The van der Waals surface area contributed by atoms with Crippen LogP contribution in [-0.4, -0.2) is 37.6 Å². The van der Waals surface area contributed by atoms with Crippen LogP contribution in [0, 0.1) is 10.8 Å². The maximum atomic E-state index is 3.57. The third-order valence-corrected chi connectivity index (χ3v) is 4.69. The third kappa shape index (κ3) is 6.27. The monoisotopic (exact) mass is 268 g/mol. The Kier molecular flexibility index (Phi) is 6.82. The fourth-order valence-electron chi connectivity index (χ4n) is 3.43. The van der Waals surface area contributed by atoms with Crippen LogP contribution in [0.15, 0.2) is 0 Å². The molecule has 1 rings (SSSR count). The van der Waals surface area contributed by atoms with E-state index in [1.807, 2.05) is 0 Å². The van der Waals surface area contributed by atoms with Gasteiger partial charge in [0.05, 0.1) is 0 Å². The van der Waals surface area contributed by atoms with Crippen molar-refractivity contribution < 1.29 is 0 Å². The lowest BCUT2D eigenvalue weighted by Gasteiger charge is -2.35. The minimum absolute atomic E-state index is 0.444. The van der Waals surface area contributed by atoms with E-state index in [9.17, 15) is 0 Å². The molecule has 2 heteroatoms. The standard InChI is InChI=1S/C17H36N2/c1-6-9-17(5,14-18-7-2)15-19-12-8-10-16(3,4)11-13-19/h18H,6-15H2,1-5H3. The Balaban J connectivity index is 2.53. The first-order valence-electron chi connectivity index (χ1n) is 8.34. The first-order chi connectivity index (χ1) is 8.91. The van der Waals surface area contributed by atoms with Gasteiger partial charge >= 0.3 is 0 Å². The number of hydrogen-bond donors (Lipinski definition) is 1. The highest BCUT2D eigenvalue weighted by Crippen LogP contribution is 2.32. The lowest BCUT2D eigenvalue weighted by atomic mass is 9.84. The van der Waals surface area contributed by atoms with Crippen LogP contribution in [-0.2, 0) is 0 Å². The first-order valence-corrected chi connectivity index (χ1v) is 8.34. The van der Waals surface area contributed by atoms with Gasteiger partial charge in [-0.1, -0.05) is 41.0 Å². The van der Waals surface area contributed by atoms with E-state index in [1.54, 1.807) is 0 Å². The Labute approximate surface area is 121 Å². The SMILES string of the molecule is CCCC(C)(CNCC)CN1CCCC(C)(C)CC1. The summed E-state index contributed by atoms with van der Waals surface area (Å²) in [6.07, 6.45) is 6.75. The molecule has 0 aromatic rings. The van der Waals surface area contributed by atoms with E-state index in [0.717, 1.165) is 13.1 Å². The van der Waals surface area contributed by atoms with Crippen LogP contribution in [0.1, 0.15) is 66.7 Å². The van der Waals surface area contributed by atoms with Crippen LogP contribution >= 0.6 is 0 Å². The second kappa shape index (κ2) is 7.64. The van der Waals surface area contributed by atoms with Gasteiger partial charge in [-0.15, -0.1) is 0 Å². The molecule has 0 saturated carbocycles. The molecule has 2 nitrogen and oxygen atoms in total. The normalized spacial score (nSPS) is 23.8. The number of likely N-dealkylation sites (tertiary alicyclic amines) is 1. The average molecular weight is 268 g/mol. The lowest BCUT2D eigenvalue weighted by Crippen LogP contribution is -2.42. The largest absolute Gasteiger partial charge is 0.316 e.